The summed E-state index contributed by atoms with van der Waals surface area (Å²) in [4.78, 5) is 18.4. The molecule has 0 saturated carbocycles. The van der Waals surface area contributed by atoms with Gasteiger partial charge in [-0.2, -0.15) is 5.10 Å². The van der Waals surface area contributed by atoms with E-state index in [1.807, 2.05) is 18.2 Å². The average Bonchev–Trinajstić information content (AvgIpc) is 3.01. The van der Waals surface area contributed by atoms with Gasteiger partial charge in [-0.1, -0.05) is 29.3 Å². The maximum absolute atomic E-state index is 12.0. The molecule has 0 aliphatic carbocycles. The lowest BCUT2D eigenvalue weighted by molar-refractivity contribution is -0.121. The number of nitrogens with one attached hydrogen (secondary N) is 2. The lowest BCUT2D eigenvalue weighted by Crippen LogP contribution is -2.47. The van der Waals surface area contributed by atoms with Crippen molar-refractivity contribution in [2.75, 3.05) is 26.2 Å². The van der Waals surface area contributed by atoms with Gasteiger partial charge in [0.15, 0.2) is 5.82 Å². The van der Waals surface area contributed by atoms with Crippen molar-refractivity contribution < 1.29 is 9.53 Å². The number of H-pyrrole nitrogens is 1. The zero-order valence-electron chi connectivity index (χ0n) is 14.5. The molecule has 7 nitrogen and oxygen atoms in total. The Morgan fingerprint density at radius 2 is 2.27 bits per heavy atom. The Kier molecular flexibility index (Phi) is 6.48. The molecule has 1 aromatic carbocycles. The largest absolute Gasteiger partial charge is 0.374 e. The van der Waals surface area contributed by atoms with Crippen molar-refractivity contribution in [2.24, 2.45) is 0 Å². The van der Waals surface area contributed by atoms with Gasteiger partial charge in [0.1, 0.15) is 5.82 Å². The number of carbonyl (C=O) groups is 1. The van der Waals surface area contributed by atoms with Gasteiger partial charge in [0.2, 0.25) is 5.91 Å². The molecular formula is C17H21Cl2N5O2. The SMILES string of the molecule is Cc1nc(CC(=O)NC[C@H]2CN(Cc3ccc(Cl)c(Cl)c3)CCO2)n[nH]1. The van der Waals surface area contributed by atoms with E-state index in [0.29, 0.717) is 34.8 Å². The number of halogens is 2. The summed E-state index contributed by atoms with van der Waals surface area (Å²) in [5.74, 6) is 1.07. The van der Waals surface area contributed by atoms with Crippen molar-refractivity contribution in [2.45, 2.75) is 26.0 Å². The van der Waals surface area contributed by atoms with Gasteiger partial charge in [-0.25, -0.2) is 4.98 Å². The number of benzene rings is 1. The Morgan fingerprint density at radius 1 is 1.42 bits per heavy atom. The zero-order valence-corrected chi connectivity index (χ0v) is 16.0. The standard InChI is InChI=1S/C17H21Cl2N5O2/c1-11-21-16(23-22-11)7-17(25)20-8-13-10-24(4-5-26-13)9-12-2-3-14(18)15(19)6-12/h2-3,6,13H,4-5,7-10H2,1H3,(H,20,25)(H,21,22,23)/t13-/m0/s1. The Morgan fingerprint density at radius 3 is 3.00 bits per heavy atom. The van der Waals surface area contributed by atoms with Crippen LogP contribution in [0.2, 0.25) is 10.0 Å². The van der Waals surface area contributed by atoms with Crippen molar-refractivity contribution in [1.82, 2.24) is 25.4 Å². The van der Waals surface area contributed by atoms with E-state index in [1.54, 1.807) is 6.92 Å². The lowest BCUT2D eigenvalue weighted by atomic mass is 10.2. The fraction of sp³-hybridized carbons (Fsp3) is 0.471. The first-order valence-corrected chi connectivity index (χ1v) is 9.17. The van der Waals surface area contributed by atoms with Crippen LogP contribution in [-0.2, 0) is 22.5 Å². The van der Waals surface area contributed by atoms with Crippen LogP contribution in [-0.4, -0.2) is 58.3 Å². The third-order valence-corrected chi connectivity index (χ3v) is 4.84. The van der Waals surface area contributed by atoms with E-state index in [1.165, 1.54) is 0 Å². The number of nitrogens with zero attached hydrogens (tertiary/aromatic N) is 3. The highest BCUT2D eigenvalue weighted by Crippen LogP contribution is 2.23. The molecule has 0 spiro atoms. The normalized spacial score (nSPS) is 18.0. The Labute approximate surface area is 162 Å². The molecule has 1 aliphatic heterocycles. The molecule has 1 atom stereocenters. The number of rotatable bonds is 6. The number of ether oxygens (including phenoxy) is 1. The molecule has 0 bridgehead atoms. The highest BCUT2D eigenvalue weighted by atomic mass is 35.5. The number of aryl methyl sites for hydroxylation is 1. The van der Waals surface area contributed by atoms with E-state index in [0.717, 1.165) is 25.2 Å². The van der Waals surface area contributed by atoms with E-state index in [4.69, 9.17) is 27.9 Å². The minimum Gasteiger partial charge on any atom is -0.374 e. The maximum Gasteiger partial charge on any atom is 0.227 e. The van der Waals surface area contributed by atoms with Gasteiger partial charge in [-0.3, -0.25) is 14.8 Å². The van der Waals surface area contributed by atoms with E-state index >= 15 is 0 Å². The highest BCUT2D eigenvalue weighted by Gasteiger charge is 2.21. The first-order chi connectivity index (χ1) is 12.5. The topological polar surface area (TPSA) is 83.1 Å². The molecule has 1 amide bonds. The third kappa shape index (κ3) is 5.41. The lowest BCUT2D eigenvalue weighted by Gasteiger charge is -2.33. The Balaban J connectivity index is 1.45. The quantitative estimate of drug-likeness (QED) is 0.778. The van der Waals surface area contributed by atoms with Crippen molar-refractivity contribution >= 4 is 29.1 Å². The van der Waals surface area contributed by atoms with Crippen LogP contribution in [0.1, 0.15) is 17.2 Å². The van der Waals surface area contributed by atoms with Gasteiger partial charge in [0, 0.05) is 26.2 Å². The summed E-state index contributed by atoms with van der Waals surface area (Å²) in [7, 11) is 0. The van der Waals surface area contributed by atoms with E-state index < -0.39 is 0 Å². The van der Waals surface area contributed by atoms with E-state index in [2.05, 4.69) is 25.4 Å². The summed E-state index contributed by atoms with van der Waals surface area (Å²) in [6.45, 7) is 5.22. The molecule has 0 radical (unpaired) electrons. The van der Waals surface area contributed by atoms with Gasteiger partial charge in [0.25, 0.3) is 0 Å². The number of amides is 1. The molecule has 9 heteroatoms. The summed E-state index contributed by atoms with van der Waals surface area (Å²) in [6, 6.07) is 5.66. The van der Waals surface area contributed by atoms with E-state index in [9.17, 15) is 4.79 Å². The number of aromatic nitrogens is 3. The number of morpholine rings is 1. The maximum atomic E-state index is 12.0. The minimum absolute atomic E-state index is 0.0515. The summed E-state index contributed by atoms with van der Waals surface area (Å²) in [6.07, 6.45) is 0.105. The highest BCUT2D eigenvalue weighted by molar-refractivity contribution is 6.42. The van der Waals surface area contributed by atoms with Gasteiger partial charge in [-0.15, -0.1) is 0 Å². The molecule has 0 unspecified atom stereocenters. The second-order valence-electron chi connectivity index (χ2n) is 6.29. The van der Waals surface area contributed by atoms with Crippen LogP contribution in [0, 0.1) is 6.92 Å². The zero-order chi connectivity index (χ0) is 18.5. The molecule has 3 rings (SSSR count). The number of hydrogen-bond donors (Lipinski definition) is 2. The van der Waals surface area contributed by atoms with E-state index in [-0.39, 0.29) is 18.4 Å². The monoisotopic (exact) mass is 397 g/mol. The second-order valence-corrected chi connectivity index (χ2v) is 7.11. The van der Waals surface area contributed by atoms with Gasteiger partial charge in [0.05, 0.1) is 29.2 Å². The van der Waals surface area contributed by atoms with Crippen LogP contribution >= 0.6 is 23.2 Å². The van der Waals surface area contributed by atoms with Crippen LogP contribution < -0.4 is 5.32 Å². The van der Waals surface area contributed by atoms with Crippen LogP contribution in [0.25, 0.3) is 0 Å². The van der Waals surface area contributed by atoms with Crippen LogP contribution in [0.3, 0.4) is 0 Å². The average molecular weight is 398 g/mol. The van der Waals surface area contributed by atoms with Crippen molar-refractivity contribution in [3.8, 4) is 0 Å². The van der Waals surface area contributed by atoms with Gasteiger partial charge in [-0.05, 0) is 24.6 Å². The first kappa shape index (κ1) is 19.1. The molecule has 2 heterocycles. The number of aromatic amines is 1. The summed E-state index contributed by atoms with van der Waals surface area (Å²) >= 11 is 12.0. The summed E-state index contributed by atoms with van der Waals surface area (Å²) in [5, 5.41) is 10.7. The number of carbonyl (C=O) groups excluding carboxylic acids is 1. The molecular weight excluding hydrogens is 377 g/mol. The predicted molar refractivity (Wildman–Crippen MR) is 99.3 cm³/mol. The molecule has 2 N–H and O–H groups in total. The fourth-order valence-electron chi connectivity index (χ4n) is 2.85. The molecule has 2 aromatic rings. The summed E-state index contributed by atoms with van der Waals surface area (Å²) in [5.41, 5.74) is 1.10. The minimum atomic E-state index is -0.116. The van der Waals surface area contributed by atoms with Gasteiger partial charge < -0.3 is 10.1 Å². The second kappa shape index (κ2) is 8.81. The van der Waals surface area contributed by atoms with Crippen molar-refractivity contribution in [1.29, 1.82) is 0 Å². The summed E-state index contributed by atoms with van der Waals surface area (Å²) < 4.78 is 5.75. The number of hydrogen-bond acceptors (Lipinski definition) is 5. The fourth-order valence-corrected chi connectivity index (χ4v) is 3.17. The molecule has 140 valence electrons. The Hall–Kier alpha value is -1.67. The molecule has 1 fully saturated rings. The first-order valence-electron chi connectivity index (χ1n) is 8.42. The molecule has 26 heavy (non-hydrogen) atoms. The molecule has 1 aromatic heterocycles. The van der Waals surface area contributed by atoms with Crippen LogP contribution in [0.4, 0.5) is 0 Å². The third-order valence-electron chi connectivity index (χ3n) is 4.10. The molecule has 1 aliphatic rings. The van der Waals surface area contributed by atoms with Crippen molar-refractivity contribution in [3.63, 3.8) is 0 Å². The predicted octanol–water partition coefficient (Wildman–Crippen LogP) is 1.98. The molecule has 1 saturated heterocycles. The van der Waals surface area contributed by atoms with Crippen LogP contribution in [0.15, 0.2) is 18.2 Å². The van der Waals surface area contributed by atoms with Crippen LogP contribution in [0.5, 0.6) is 0 Å². The van der Waals surface area contributed by atoms with Gasteiger partial charge >= 0.3 is 0 Å². The van der Waals surface area contributed by atoms with Crippen molar-refractivity contribution in [3.05, 3.63) is 45.5 Å². The Bertz CT molecular complexity index is 767. The smallest absolute Gasteiger partial charge is 0.227 e.